The molecule has 0 aliphatic heterocycles. The van der Waals surface area contributed by atoms with Gasteiger partial charge in [-0.3, -0.25) is 0 Å². The standard InChI is InChI=1S/C13H26N2O2/c1-5-7-8-12(13(16)17-6-2)15-14-10-9-11(3)4/h11-12H,5-10H2,1-4H3. The van der Waals surface area contributed by atoms with E-state index in [1.165, 1.54) is 0 Å². The predicted octanol–water partition coefficient (Wildman–Crippen LogP) is 3.61. The number of ether oxygens (including phenoxy) is 1. The third-order valence-corrected chi connectivity index (χ3v) is 2.42. The summed E-state index contributed by atoms with van der Waals surface area (Å²) in [5, 5.41) is 8.19. The number of unbranched alkanes of at least 4 members (excludes halogenated alkanes) is 1. The van der Waals surface area contributed by atoms with E-state index in [0.29, 0.717) is 19.1 Å². The Balaban J connectivity index is 4.12. The number of esters is 1. The first-order valence-electron chi connectivity index (χ1n) is 6.65. The van der Waals surface area contributed by atoms with E-state index < -0.39 is 6.04 Å². The van der Waals surface area contributed by atoms with Crippen molar-refractivity contribution in [1.82, 2.24) is 0 Å². The fourth-order valence-corrected chi connectivity index (χ4v) is 1.33. The minimum atomic E-state index is -0.401. The maximum atomic E-state index is 11.6. The van der Waals surface area contributed by atoms with Gasteiger partial charge in [-0.25, -0.2) is 4.79 Å². The van der Waals surface area contributed by atoms with E-state index in [1.54, 1.807) is 0 Å². The lowest BCUT2D eigenvalue weighted by molar-refractivity contribution is -0.144. The second-order valence-electron chi connectivity index (χ2n) is 4.57. The highest BCUT2D eigenvalue weighted by atomic mass is 16.5. The Labute approximate surface area is 105 Å². The van der Waals surface area contributed by atoms with E-state index in [-0.39, 0.29) is 5.97 Å². The van der Waals surface area contributed by atoms with Gasteiger partial charge in [0.15, 0.2) is 6.04 Å². The predicted molar refractivity (Wildman–Crippen MR) is 69.1 cm³/mol. The monoisotopic (exact) mass is 242 g/mol. The lowest BCUT2D eigenvalue weighted by Crippen LogP contribution is -2.21. The Morgan fingerprint density at radius 2 is 1.94 bits per heavy atom. The van der Waals surface area contributed by atoms with Gasteiger partial charge in [-0.05, 0) is 25.7 Å². The van der Waals surface area contributed by atoms with Gasteiger partial charge < -0.3 is 4.74 Å². The van der Waals surface area contributed by atoms with Crippen LogP contribution in [0.25, 0.3) is 0 Å². The van der Waals surface area contributed by atoms with Crippen LogP contribution in [0.3, 0.4) is 0 Å². The summed E-state index contributed by atoms with van der Waals surface area (Å²) >= 11 is 0. The molecule has 100 valence electrons. The Morgan fingerprint density at radius 3 is 2.47 bits per heavy atom. The molecule has 17 heavy (non-hydrogen) atoms. The summed E-state index contributed by atoms with van der Waals surface area (Å²) in [5.41, 5.74) is 0. The zero-order chi connectivity index (χ0) is 13.1. The van der Waals surface area contributed by atoms with Crippen molar-refractivity contribution in [3.63, 3.8) is 0 Å². The van der Waals surface area contributed by atoms with Gasteiger partial charge in [-0.2, -0.15) is 10.2 Å². The Kier molecular flexibility index (Phi) is 9.68. The first kappa shape index (κ1) is 16.1. The molecule has 0 radical (unpaired) electrons. The molecular weight excluding hydrogens is 216 g/mol. The summed E-state index contributed by atoms with van der Waals surface area (Å²) in [6, 6.07) is -0.401. The van der Waals surface area contributed by atoms with Crippen LogP contribution in [0.4, 0.5) is 0 Å². The number of rotatable bonds is 9. The molecule has 0 fully saturated rings. The maximum absolute atomic E-state index is 11.6. The van der Waals surface area contributed by atoms with Crippen LogP contribution in [0.5, 0.6) is 0 Å². The van der Waals surface area contributed by atoms with E-state index in [9.17, 15) is 4.79 Å². The van der Waals surface area contributed by atoms with Crippen molar-refractivity contribution in [2.45, 2.75) is 59.4 Å². The third kappa shape index (κ3) is 8.83. The van der Waals surface area contributed by atoms with Crippen LogP contribution < -0.4 is 0 Å². The number of hydrogen-bond donors (Lipinski definition) is 0. The van der Waals surface area contributed by atoms with Crippen LogP contribution in [-0.4, -0.2) is 25.2 Å². The molecule has 0 aliphatic rings. The molecule has 0 spiro atoms. The number of carbonyl (C=O) groups is 1. The van der Waals surface area contributed by atoms with Crippen molar-refractivity contribution in [2.75, 3.05) is 13.2 Å². The number of hydrogen-bond acceptors (Lipinski definition) is 4. The van der Waals surface area contributed by atoms with Crippen LogP contribution in [-0.2, 0) is 9.53 Å². The molecule has 0 amide bonds. The second-order valence-corrected chi connectivity index (χ2v) is 4.57. The molecule has 1 atom stereocenters. The molecule has 0 saturated carbocycles. The van der Waals surface area contributed by atoms with Gasteiger partial charge in [0.2, 0.25) is 0 Å². The van der Waals surface area contributed by atoms with Crippen molar-refractivity contribution in [3.8, 4) is 0 Å². The molecule has 4 nitrogen and oxygen atoms in total. The number of nitrogens with zero attached hydrogens (tertiary/aromatic N) is 2. The van der Waals surface area contributed by atoms with Crippen molar-refractivity contribution in [3.05, 3.63) is 0 Å². The zero-order valence-electron chi connectivity index (χ0n) is 11.6. The average molecular weight is 242 g/mol. The first-order valence-corrected chi connectivity index (χ1v) is 6.65. The van der Waals surface area contributed by atoms with Crippen LogP contribution in [0.15, 0.2) is 10.2 Å². The molecule has 0 saturated heterocycles. The van der Waals surface area contributed by atoms with Gasteiger partial charge in [-0.15, -0.1) is 0 Å². The molecule has 0 aromatic carbocycles. The van der Waals surface area contributed by atoms with Gasteiger partial charge in [0.25, 0.3) is 0 Å². The fraction of sp³-hybridized carbons (Fsp3) is 0.923. The van der Waals surface area contributed by atoms with Crippen LogP contribution >= 0.6 is 0 Å². The zero-order valence-corrected chi connectivity index (χ0v) is 11.6. The minimum absolute atomic E-state index is 0.241. The van der Waals surface area contributed by atoms with E-state index >= 15 is 0 Å². The highest BCUT2D eigenvalue weighted by Gasteiger charge is 2.18. The van der Waals surface area contributed by atoms with Crippen molar-refractivity contribution in [1.29, 1.82) is 0 Å². The van der Waals surface area contributed by atoms with Crippen LogP contribution in [0.1, 0.15) is 53.4 Å². The SMILES string of the molecule is CCCCC(N=NCCC(C)C)C(=O)OCC. The lowest BCUT2D eigenvalue weighted by atomic mass is 10.1. The van der Waals surface area contributed by atoms with Gasteiger partial charge in [-0.1, -0.05) is 33.6 Å². The summed E-state index contributed by atoms with van der Waals surface area (Å²) in [7, 11) is 0. The van der Waals surface area contributed by atoms with Gasteiger partial charge in [0.05, 0.1) is 13.2 Å². The highest BCUT2D eigenvalue weighted by molar-refractivity contribution is 5.75. The Bertz CT molecular complexity index is 227. The molecule has 0 aromatic heterocycles. The normalized spacial score (nSPS) is 13.2. The average Bonchev–Trinajstić information content (AvgIpc) is 2.28. The third-order valence-electron chi connectivity index (χ3n) is 2.42. The Hall–Kier alpha value is -0.930. The summed E-state index contributed by atoms with van der Waals surface area (Å²) in [4.78, 5) is 11.6. The van der Waals surface area contributed by atoms with Crippen LogP contribution in [0, 0.1) is 5.92 Å². The molecule has 0 N–H and O–H groups in total. The first-order chi connectivity index (χ1) is 8.11. The summed E-state index contributed by atoms with van der Waals surface area (Å²) in [5.74, 6) is 0.375. The molecule has 0 aliphatic carbocycles. The molecule has 0 heterocycles. The molecule has 0 aromatic rings. The largest absolute Gasteiger partial charge is 0.464 e. The molecular formula is C13H26N2O2. The van der Waals surface area contributed by atoms with Gasteiger partial charge in [0.1, 0.15) is 0 Å². The Morgan fingerprint density at radius 1 is 1.24 bits per heavy atom. The van der Waals surface area contributed by atoms with E-state index in [2.05, 4.69) is 31.0 Å². The van der Waals surface area contributed by atoms with E-state index in [4.69, 9.17) is 4.74 Å². The van der Waals surface area contributed by atoms with Crippen molar-refractivity contribution in [2.24, 2.45) is 16.1 Å². The number of carbonyl (C=O) groups excluding carboxylic acids is 1. The number of azo groups is 1. The molecule has 4 heteroatoms. The molecule has 1 unspecified atom stereocenters. The smallest absolute Gasteiger partial charge is 0.332 e. The van der Waals surface area contributed by atoms with Crippen LogP contribution in [0.2, 0.25) is 0 Å². The fourth-order valence-electron chi connectivity index (χ4n) is 1.33. The minimum Gasteiger partial charge on any atom is -0.464 e. The lowest BCUT2D eigenvalue weighted by Gasteiger charge is -2.09. The summed E-state index contributed by atoms with van der Waals surface area (Å²) in [6.45, 7) is 9.30. The topological polar surface area (TPSA) is 51.0 Å². The second kappa shape index (κ2) is 10.2. The highest BCUT2D eigenvalue weighted by Crippen LogP contribution is 2.08. The van der Waals surface area contributed by atoms with Gasteiger partial charge >= 0.3 is 5.97 Å². The van der Waals surface area contributed by atoms with Gasteiger partial charge in [0, 0.05) is 0 Å². The summed E-state index contributed by atoms with van der Waals surface area (Å²) in [6.07, 6.45) is 3.78. The molecule has 0 bridgehead atoms. The van der Waals surface area contributed by atoms with E-state index in [1.807, 2.05) is 6.92 Å². The quantitative estimate of drug-likeness (QED) is 0.458. The van der Waals surface area contributed by atoms with Crippen molar-refractivity contribution < 1.29 is 9.53 Å². The van der Waals surface area contributed by atoms with E-state index in [0.717, 1.165) is 25.7 Å². The summed E-state index contributed by atoms with van der Waals surface area (Å²) < 4.78 is 4.99. The molecule has 0 rings (SSSR count). The van der Waals surface area contributed by atoms with Crippen molar-refractivity contribution >= 4 is 5.97 Å². The maximum Gasteiger partial charge on any atom is 0.332 e.